The van der Waals surface area contributed by atoms with Crippen molar-refractivity contribution in [3.05, 3.63) is 0 Å². The fraction of sp³-hybridized carbons (Fsp3) is 0.667. The molecule has 0 aromatic rings. The summed E-state index contributed by atoms with van der Waals surface area (Å²) in [6.45, 7) is 0. The fourth-order valence-corrected chi connectivity index (χ4v) is 3.04. The predicted octanol–water partition coefficient (Wildman–Crippen LogP) is 2.47. The van der Waals surface area contributed by atoms with Crippen LogP contribution in [-0.2, 0) is 9.59 Å². The first-order chi connectivity index (χ1) is 7.52. The van der Waals surface area contributed by atoms with E-state index in [2.05, 4.69) is 0 Å². The van der Waals surface area contributed by atoms with Crippen LogP contribution < -0.4 is 0 Å². The number of hydrogen-bond donors (Lipinski definition) is 2. The van der Waals surface area contributed by atoms with Crippen molar-refractivity contribution in [1.82, 2.24) is 0 Å². The van der Waals surface area contributed by atoms with E-state index in [0.29, 0.717) is 24.3 Å². The minimum absolute atomic E-state index is 0.166. The maximum atomic E-state index is 10.2. The van der Waals surface area contributed by atoms with Gasteiger partial charge in [-0.15, -0.1) is 23.5 Å². The number of hydrogen-bond acceptors (Lipinski definition) is 5. The zero-order valence-corrected chi connectivity index (χ0v) is 11.1. The molecule has 0 fully saturated rings. The zero-order valence-electron chi connectivity index (χ0n) is 8.68. The van der Waals surface area contributed by atoms with Crippen molar-refractivity contribution in [2.75, 3.05) is 11.5 Å². The summed E-state index contributed by atoms with van der Waals surface area (Å²) in [5, 5.41) is 16.8. The van der Waals surface area contributed by atoms with Crippen molar-refractivity contribution in [2.24, 2.45) is 0 Å². The van der Waals surface area contributed by atoms with Crippen molar-refractivity contribution in [3.63, 3.8) is 0 Å². The molecular weight excluding hydrogens is 268 g/mol. The quantitative estimate of drug-likeness (QED) is 0.523. The number of thiocarbonyl (C=S) groups is 1. The highest BCUT2D eigenvalue weighted by Crippen LogP contribution is 2.19. The van der Waals surface area contributed by atoms with Crippen LogP contribution in [0.5, 0.6) is 0 Å². The van der Waals surface area contributed by atoms with Gasteiger partial charge in [-0.1, -0.05) is 12.2 Å². The third-order valence-electron chi connectivity index (χ3n) is 1.51. The van der Waals surface area contributed by atoms with Gasteiger partial charge in [-0.25, -0.2) is 0 Å². The highest BCUT2D eigenvalue weighted by atomic mass is 32.2. The molecule has 0 aromatic carbocycles. The van der Waals surface area contributed by atoms with E-state index >= 15 is 0 Å². The lowest BCUT2D eigenvalue weighted by Crippen LogP contribution is -1.97. The van der Waals surface area contributed by atoms with Gasteiger partial charge in [0.2, 0.25) is 0 Å². The Balaban J connectivity index is 3.31. The summed E-state index contributed by atoms with van der Waals surface area (Å²) < 4.78 is 0.760. The summed E-state index contributed by atoms with van der Waals surface area (Å²) in [6.07, 6.45) is 1.55. The van der Waals surface area contributed by atoms with Crippen LogP contribution in [0, 0.1) is 0 Å². The maximum absolute atomic E-state index is 10.2. The molecule has 0 atom stereocenters. The standard InChI is InChI=1S/C9H14O4S3/c10-7(11)3-1-5-15-9(14)16-6-2-4-8(12)13/h1-6H2,(H,10,11)(H,12,13). The Morgan fingerprint density at radius 3 is 1.62 bits per heavy atom. The van der Waals surface area contributed by atoms with Gasteiger partial charge in [-0.3, -0.25) is 9.59 Å². The molecule has 2 N–H and O–H groups in total. The van der Waals surface area contributed by atoms with E-state index < -0.39 is 11.9 Å². The first-order valence-corrected chi connectivity index (χ1v) is 7.13. The Bertz CT molecular complexity index is 231. The molecule has 0 amide bonds. The summed E-state index contributed by atoms with van der Waals surface area (Å²) in [6, 6.07) is 0. The number of thioether (sulfide) groups is 2. The molecule has 7 heteroatoms. The molecule has 0 saturated heterocycles. The minimum atomic E-state index is -0.791. The lowest BCUT2D eigenvalue weighted by Gasteiger charge is -2.01. The summed E-state index contributed by atoms with van der Waals surface area (Å²) in [7, 11) is 0. The Morgan fingerprint density at radius 1 is 0.938 bits per heavy atom. The van der Waals surface area contributed by atoms with Gasteiger partial charge < -0.3 is 10.2 Å². The van der Waals surface area contributed by atoms with E-state index in [1.807, 2.05) is 0 Å². The third-order valence-corrected chi connectivity index (χ3v) is 4.38. The van der Waals surface area contributed by atoms with Crippen molar-refractivity contribution >= 4 is 51.2 Å². The second kappa shape index (κ2) is 9.92. The number of aliphatic carboxylic acids is 2. The molecule has 0 spiro atoms. The van der Waals surface area contributed by atoms with Crippen LogP contribution in [0.25, 0.3) is 0 Å². The molecule has 0 unspecified atom stereocenters. The van der Waals surface area contributed by atoms with E-state index in [1.165, 1.54) is 23.5 Å². The van der Waals surface area contributed by atoms with Crippen LogP contribution >= 0.6 is 35.7 Å². The fourth-order valence-electron chi connectivity index (χ4n) is 0.799. The van der Waals surface area contributed by atoms with Crippen LogP contribution in [0.15, 0.2) is 0 Å². The van der Waals surface area contributed by atoms with E-state index in [1.54, 1.807) is 0 Å². The summed E-state index contributed by atoms with van der Waals surface area (Å²) in [4.78, 5) is 20.4. The summed E-state index contributed by atoms with van der Waals surface area (Å²) in [5.41, 5.74) is 0. The normalized spacial score (nSPS) is 10.0. The van der Waals surface area contributed by atoms with Gasteiger partial charge in [0.05, 0.1) is 0 Å². The largest absolute Gasteiger partial charge is 0.481 e. The molecule has 0 radical (unpaired) electrons. The number of carboxylic acid groups (broad SMARTS) is 2. The van der Waals surface area contributed by atoms with Crippen LogP contribution in [-0.4, -0.2) is 37.2 Å². The Morgan fingerprint density at radius 2 is 1.31 bits per heavy atom. The second-order valence-corrected chi connectivity index (χ2v) is 6.34. The zero-order chi connectivity index (χ0) is 12.4. The van der Waals surface area contributed by atoms with Crippen molar-refractivity contribution in [3.8, 4) is 0 Å². The van der Waals surface area contributed by atoms with E-state index in [4.69, 9.17) is 22.4 Å². The van der Waals surface area contributed by atoms with Crippen LogP contribution in [0.3, 0.4) is 0 Å². The SMILES string of the molecule is O=C(O)CCCSC(=S)SCCCC(=O)O. The average Bonchev–Trinajstić information content (AvgIpc) is 2.19. The molecular formula is C9H14O4S3. The van der Waals surface area contributed by atoms with E-state index in [9.17, 15) is 9.59 Å². The van der Waals surface area contributed by atoms with E-state index in [-0.39, 0.29) is 12.8 Å². The summed E-state index contributed by atoms with van der Waals surface area (Å²) in [5.74, 6) is -0.171. The first kappa shape index (κ1) is 15.7. The average molecular weight is 282 g/mol. The second-order valence-electron chi connectivity index (χ2n) is 2.94. The van der Waals surface area contributed by atoms with Gasteiger partial charge in [0.25, 0.3) is 0 Å². The Labute approximate surface area is 108 Å². The van der Waals surface area contributed by atoms with Gasteiger partial charge in [-0.2, -0.15) is 0 Å². The lowest BCUT2D eigenvalue weighted by atomic mass is 10.3. The maximum Gasteiger partial charge on any atom is 0.303 e. The molecule has 92 valence electrons. The van der Waals surface area contributed by atoms with Crippen molar-refractivity contribution in [1.29, 1.82) is 0 Å². The molecule has 0 aliphatic carbocycles. The van der Waals surface area contributed by atoms with E-state index in [0.717, 1.165) is 3.53 Å². The van der Waals surface area contributed by atoms with Crippen LogP contribution in [0.2, 0.25) is 0 Å². The molecule has 4 nitrogen and oxygen atoms in total. The Hall–Kier alpha value is -0.270. The third kappa shape index (κ3) is 11.8. The van der Waals surface area contributed by atoms with Crippen molar-refractivity contribution in [2.45, 2.75) is 25.7 Å². The van der Waals surface area contributed by atoms with Crippen LogP contribution in [0.1, 0.15) is 25.7 Å². The smallest absolute Gasteiger partial charge is 0.303 e. The topological polar surface area (TPSA) is 74.6 Å². The number of carboxylic acids is 2. The Kier molecular flexibility index (Phi) is 9.75. The van der Waals surface area contributed by atoms with Gasteiger partial charge >= 0.3 is 11.9 Å². The predicted molar refractivity (Wildman–Crippen MR) is 71.3 cm³/mol. The highest BCUT2D eigenvalue weighted by Gasteiger charge is 2.02. The lowest BCUT2D eigenvalue weighted by molar-refractivity contribution is -0.138. The molecule has 16 heavy (non-hydrogen) atoms. The monoisotopic (exact) mass is 282 g/mol. The van der Waals surface area contributed by atoms with Crippen LogP contribution in [0.4, 0.5) is 0 Å². The molecule has 0 saturated carbocycles. The molecule has 0 bridgehead atoms. The highest BCUT2D eigenvalue weighted by molar-refractivity contribution is 8.47. The molecule has 0 heterocycles. The number of carbonyl (C=O) groups is 2. The van der Waals surface area contributed by atoms with Crippen molar-refractivity contribution < 1.29 is 19.8 Å². The summed E-state index contributed by atoms with van der Waals surface area (Å²) >= 11 is 7.96. The molecule has 0 aromatic heterocycles. The molecule has 0 aliphatic rings. The van der Waals surface area contributed by atoms with Gasteiger partial charge in [0.1, 0.15) is 3.53 Å². The molecule has 0 aliphatic heterocycles. The molecule has 0 rings (SSSR count). The van der Waals surface area contributed by atoms with Gasteiger partial charge in [0.15, 0.2) is 0 Å². The van der Waals surface area contributed by atoms with Gasteiger partial charge in [0, 0.05) is 12.8 Å². The van der Waals surface area contributed by atoms with Gasteiger partial charge in [-0.05, 0) is 24.3 Å². The first-order valence-electron chi connectivity index (χ1n) is 4.75. The number of rotatable bonds is 8. The minimum Gasteiger partial charge on any atom is -0.481 e.